The van der Waals surface area contributed by atoms with Gasteiger partial charge in [-0.05, 0) is 42.0 Å². The molecule has 3 aromatic rings. The first-order chi connectivity index (χ1) is 16.1. The van der Waals surface area contributed by atoms with Crippen molar-refractivity contribution in [3.05, 3.63) is 89.5 Å². The van der Waals surface area contributed by atoms with Crippen LogP contribution in [0.15, 0.2) is 77.9 Å². The summed E-state index contributed by atoms with van der Waals surface area (Å²) in [6.07, 6.45) is 1.42. The number of ether oxygens (including phenoxy) is 1. The molecule has 0 saturated carbocycles. The molecular weight excluding hydrogens is 416 g/mol. The Morgan fingerprint density at radius 2 is 1.70 bits per heavy atom. The fourth-order valence-electron chi connectivity index (χ4n) is 3.88. The maximum absolute atomic E-state index is 12.3. The first-order valence-electron chi connectivity index (χ1n) is 10.9. The van der Waals surface area contributed by atoms with E-state index in [1.54, 1.807) is 31.4 Å². The maximum Gasteiger partial charge on any atom is 0.271 e. The van der Waals surface area contributed by atoms with Crippen molar-refractivity contribution in [2.45, 2.75) is 6.54 Å². The van der Waals surface area contributed by atoms with Crippen molar-refractivity contribution in [3.63, 3.8) is 0 Å². The van der Waals surface area contributed by atoms with E-state index in [9.17, 15) is 9.90 Å². The molecule has 0 atom stereocenters. The number of benzene rings is 3. The molecule has 4 rings (SSSR count). The number of para-hydroxylation sites is 3. The molecule has 3 aromatic carbocycles. The molecular formula is C26H28N4O3. The molecule has 1 saturated heterocycles. The van der Waals surface area contributed by atoms with E-state index < -0.39 is 0 Å². The first-order valence-corrected chi connectivity index (χ1v) is 10.9. The summed E-state index contributed by atoms with van der Waals surface area (Å²) in [5.74, 6) is 0.729. The first kappa shape index (κ1) is 22.4. The number of hydrogen-bond acceptors (Lipinski definition) is 6. The van der Waals surface area contributed by atoms with Crippen molar-refractivity contribution in [1.29, 1.82) is 0 Å². The number of phenols is 1. The third-order valence-corrected chi connectivity index (χ3v) is 5.73. The van der Waals surface area contributed by atoms with Gasteiger partial charge in [-0.2, -0.15) is 5.10 Å². The Bertz CT molecular complexity index is 1110. The number of piperazine rings is 1. The minimum atomic E-state index is -0.293. The number of aromatic hydroxyl groups is 1. The number of anilines is 1. The average Bonchev–Trinajstić information content (AvgIpc) is 2.86. The number of methoxy groups -OCH3 is 1. The number of nitrogens with zero attached hydrogens (tertiary/aromatic N) is 3. The highest BCUT2D eigenvalue weighted by atomic mass is 16.5. The highest BCUT2D eigenvalue weighted by molar-refractivity contribution is 5.95. The van der Waals surface area contributed by atoms with Crippen LogP contribution in [0, 0.1) is 0 Å². The van der Waals surface area contributed by atoms with Gasteiger partial charge in [-0.3, -0.25) is 9.69 Å². The summed E-state index contributed by atoms with van der Waals surface area (Å²) in [6, 6.07) is 22.5. The predicted octanol–water partition coefficient (Wildman–Crippen LogP) is 3.49. The monoisotopic (exact) mass is 444 g/mol. The number of hydrazone groups is 1. The van der Waals surface area contributed by atoms with Crippen LogP contribution < -0.4 is 15.1 Å². The average molecular weight is 445 g/mol. The van der Waals surface area contributed by atoms with Gasteiger partial charge < -0.3 is 14.7 Å². The number of carbonyl (C=O) groups excluding carboxylic acids is 1. The normalized spacial score (nSPS) is 14.4. The topological polar surface area (TPSA) is 77.4 Å². The molecule has 0 spiro atoms. The summed E-state index contributed by atoms with van der Waals surface area (Å²) in [6.45, 7) is 4.64. The second kappa shape index (κ2) is 10.7. The lowest BCUT2D eigenvalue weighted by molar-refractivity contribution is 0.0955. The Hall–Kier alpha value is -3.84. The third kappa shape index (κ3) is 5.70. The van der Waals surface area contributed by atoms with Gasteiger partial charge in [0, 0.05) is 43.9 Å². The Morgan fingerprint density at radius 3 is 2.42 bits per heavy atom. The van der Waals surface area contributed by atoms with E-state index in [0.717, 1.165) is 49.7 Å². The van der Waals surface area contributed by atoms with E-state index in [2.05, 4.69) is 26.4 Å². The van der Waals surface area contributed by atoms with Crippen molar-refractivity contribution in [3.8, 4) is 11.5 Å². The molecule has 1 aliphatic rings. The van der Waals surface area contributed by atoms with Gasteiger partial charge in [-0.15, -0.1) is 0 Å². The molecule has 0 aromatic heterocycles. The van der Waals surface area contributed by atoms with Gasteiger partial charge >= 0.3 is 0 Å². The van der Waals surface area contributed by atoms with Crippen molar-refractivity contribution < 1.29 is 14.6 Å². The van der Waals surface area contributed by atoms with E-state index in [4.69, 9.17) is 4.74 Å². The molecule has 0 radical (unpaired) electrons. The number of hydrogen-bond donors (Lipinski definition) is 2. The SMILES string of the molecule is COc1ccccc1N1CCN(Cc2ccc(C(=O)N/N=C\c3ccccc3O)cc2)CC1. The van der Waals surface area contributed by atoms with Gasteiger partial charge in [0.05, 0.1) is 19.0 Å². The van der Waals surface area contributed by atoms with E-state index in [-0.39, 0.29) is 11.7 Å². The van der Waals surface area contributed by atoms with Gasteiger partial charge in [-0.25, -0.2) is 5.43 Å². The number of rotatable bonds is 7. The van der Waals surface area contributed by atoms with Crippen molar-refractivity contribution in [1.82, 2.24) is 10.3 Å². The highest BCUT2D eigenvalue weighted by Crippen LogP contribution is 2.28. The van der Waals surface area contributed by atoms with Crippen LogP contribution in [-0.4, -0.2) is 55.4 Å². The smallest absolute Gasteiger partial charge is 0.271 e. The van der Waals surface area contributed by atoms with Gasteiger partial charge in [0.2, 0.25) is 0 Å². The lowest BCUT2D eigenvalue weighted by atomic mass is 10.1. The maximum atomic E-state index is 12.3. The Morgan fingerprint density at radius 1 is 1.00 bits per heavy atom. The molecule has 0 aliphatic carbocycles. The van der Waals surface area contributed by atoms with Crippen LogP contribution in [0.3, 0.4) is 0 Å². The Balaban J connectivity index is 1.27. The second-order valence-corrected chi connectivity index (χ2v) is 7.89. The minimum absolute atomic E-state index is 0.114. The highest BCUT2D eigenvalue weighted by Gasteiger charge is 2.19. The number of nitrogens with one attached hydrogen (secondary N) is 1. The number of phenolic OH excluding ortho intramolecular Hbond substituents is 1. The van der Waals surface area contributed by atoms with Gasteiger partial charge in [0.15, 0.2) is 0 Å². The van der Waals surface area contributed by atoms with Gasteiger partial charge in [-0.1, -0.05) is 36.4 Å². The summed E-state index contributed by atoms with van der Waals surface area (Å²) >= 11 is 0. The molecule has 1 aliphatic heterocycles. The standard InChI is InChI=1S/C26H28N4O3/c1-33-25-9-5-3-7-23(25)30-16-14-29(15-17-30)19-20-10-12-21(13-11-20)26(32)28-27-18-22-6-2-4-8-24(22)31/h2-13,18,31H,14-17,19H2,1H3,(H,28,32)/b27-18-. The quantitative estimate of drug-likeness (QED) is 0.431. The van der Waals surface area contributed by atoms with Crippen LogP contribution in [0.25, 0.3) is 0 Å². The lowest BCUT2D eigenvalue weighted by Gasteiger charge is -2.36. The zero-order chi connectivity index (χ0) is 23.0. The van der Waals surface area contributed by atoms with Crippen LogP contribution in [0.1, 0.15) is 21.5 Å². The fourth-order valence-corrected chi connectivity index (χ4v) is 3.88. The molecule has 0 bridgehead atoms. The summed E-state index contributed by atoms with van der Waals surface area (Å²) < 4.78 is 5.50. The summed E-state index contributed by atoms with van der Waals surface area (Å²) in [4.78, 5) is 17.1. The van der Waals surface area contributed by atoms with Crippen LogP contribution >= 0.6 is 0 Å². The van der Waals surface area contributed by atoms with Crippen LogP contribution in [0.4, 0.5) is 5.69 Å². The fraction of sp³-hybridized carbons (Fsp3) is 0.231. The van der Waals surface area contributed by atoms with Crippen molar-refractivity contribution >= 4 is 17.8 Å². The lowest BCUT2D eigenvalue weighted by Crippen LogP contribution is -2.46. The van der Waals surface area contributed by atoms with Gasteiger partial charge in [0.1, 0.15) is 11.5 Å². The summed E-state index contributed by atoms with van der Waals surface area (Å²) in [7, 11) is 1.71. The van der Waals surface area contributed by atoms with E-state index in [0.29, 0.717) is 11.1 Å². The van der Waals surface area contributed by atoms with E-state index in [1.807, 2.05) is 42.5 Å². The Kier molecular flexibility index (Phi) is 7.22. The molecule has 33 heavy (non-hydrogen) atoms. The van der Waals surface area contributed by atoms with Crippen molar-refractivity contribution in [2.24, 2.45) is 5.10 Å². The van der Waals surface area contributed by atoms with Crippen molar-refractivity contribution in [2.75, 3.05) is 38.2 Å². The van der Waals surface area contributed by atoms with Crippen LogP contribution in [0.5, 0.6) is 11.5 Å². The van der Waals surface area contributed by atoms with Crippen LogP contribution in [-0.2, 0) is 6.54 Å². The third-order valence-electron chi connectivity index (χ3n) is 5.73. The molecule has 1 heterocycles. The van der Waals surface area contributed by atoms with Gasteiger partial charge in [0.25, 0.3) is 5.91 Å². The zero-order valence-electron chi connectivity index (χ0n) is 18.6. The molecule has 7 heteroatoms. The van der Waals surface area contributed by atoms with E-state index in [1.165, 1.54) is 6.21 Å². The summed E-state index contributed by atoms with van der Waals surface area (Å²) in [5.41, 5.74) is 5.88. The van der Waals surface area contributed by atoms with Crippen LogP contribution in [0.2, 0.25) is 0 Å². The molecule has 170 valence electrons. The zero-order valence-corrected chi connectivity index (χ0v) is 18.6. The number of carbonyl (C=O) groups is 1. The number of amides is 1. The summed E-state index contributed by atoms with van der Waals surface area (Å²) in [5, 5.41) is 13.7. The Labute approximate surface area is 193 Å². The second-order valence-electron chi connectivity index (χ2n) is 7.89. The van der Waals surface area contributed by atoms with E-state index >= 15 is 0 Å². The molecule has 2 N–H and O–H groups in total. The molecule has 1 fully saturated rings. The largest absolute Gasteiger partial charge is 0.507 e. The minimum Gasteiger partial charge on any atom is -0.507 e. The predicted molar refractivity (Wildman–Crippen MR) is 130 cm³/mol. The molecule has 7 nitrogen and oxygen atoms in total. The molecule has 0 unspecified atom stereocenters. The molecule has 1 amide bonds.